The van der Waals surface area contributed by atoms with Crippen LogP contribution in [0.25, 0.3) is 15.9 Å². The Balaban J connectivity index is 1.99. The van der Waals surface area contributed by atoms with E-state index in [0.29, 0.717) is 6.61 Å². The van der Waals surface area contributed by atoms with E-state index in [9.17, 15) is 0 Å². The molecule has 5 nitrogen and oxygen atoms in total. The molecule has 0 unspecified atom stereocenters. The number of thioether (sulfide) groups is 1. The van der Waals surface area contributed by atoms with E-state index in [0.717, 1.165) is 46.5 Å². The van der Waals surface area contributed by atoms with Gasteiger partial charge in [0.15, 0.2) is 10.8 Å². The Hall–Kier alpha value is -1.18. The second kappa shape index (κ2) is 5.97. The van der Waals surface area contributed by atoms with Gasteiger partial charge in [-0.15, -0.1) is 21.5 Å². The summed E-state index contributed by atoms with van der Waals surface area (Å²) >= 11 is 3.51. The van der Waals surface area contributed by atoms with Crippen molar-refractivity contribution in [1.29, 1.82) is 0 Å². The molecule has 0 bridgehead atoms. The summed E-state index contributed by atoms with van der Waals surface area (Å²) in [6.07, 6.45) is 2.89. The fourth-order valence-electron chi connectivity index (χ4n) is 3.20. The molecule has 3 aromatic rings. The summed E-state index contributed by atoms with van der Waals surface area (Å²) in [5, 5.41) is 11.2. The van der Waals surface area contributed by atoms with Crippen LogP contribution in [0.15, 0.2) is 5.16 Å². The molecule has 0 fully saturated rings. The number of hydrogen-bond donors (Lipinski definition) is 0. The van der Waals surface area contributed by atoms with E-state index in [2.05, 4.69) is 42.3 Å². The van der Waals surface area contributed by atoms with Gasteiger partial charge >= 0.3 is 0 Å². The Morgan fingerprint density at radius 1 is 1.29 bits per heavy atom. The molecular formula is C17H22N4OS2. The molecule has 4 heterocycles. The molecule has 1 aliphatic heterocycles. The van der Waals surface area contributed by atoms with Crippen LogP contribution in [0.3, 0.4) is 0 Å². The Morgan fingerprint density at radius 2 is 2.12 bits per heavy atom. The van der Waals surface area contributed by atoms with Crippen molar-refractivity contribution in [2.24, 2.45) is 0 Å². The highest BCUT2D eigenvalue weighted by atomic mass is 32.2. The molecule has 0 atom stereocenters. The second-order valence-corrected chi connectivity index (χ2v) is 8.93. The summed E-state index contributed by atoms with van der Waals surface area (Å²) < 4.78 is 8.15. The molecule has 0 radical (unpaired) electrons. The zero-order valence-corrected chi connectivity index (χ0v) is 16.2. The smallest absolute Gasteiger partial charge is 0.197 e. The van der Waals surface area contributed by atoms with Crippen molar-refractivity contribution < 1.29 is 4.74 Å². The lowest BCUT2D eigenvalue weighted by Gasteiger charge is -2.30. The molecule has 24 heavy (non-hydrogen) atoms. The third-order valence-electron chi connectivity index (χ3n) is 4.37. The number of aryl methyl sites for hydroxylation is 1. The number of ether oxygens (including phenoxy) is 1. The van der Waals surface area contributed by atoms with Crippen LogP contribution in [0.4, 0.5) is 0 Å². The van der Waals surface area contributed by atoms with Crippen LogP contribution < -0.4 is 0 Å². The minimum atomic E-state index is -0.138. The monoisotopic (exact) mass is 362 g/mol. The van der Waals surface area contributed by atoms with E-state index in [-0.39, 0.29) is 5.60 Å². The lowest BCUT2D eigenvalue weighted by atomic mass is 9.94. The first-order valence-corrected chi connectivity index (χ1v) is 10.3. The zero-order chi connectivity index (χ0) is 16.9. The van der Waals surface area contributed by atoms with Gasteiger partial charge in [-0.2, -0.15) is 0 Å². The van der Waals surface area contributed by atoms with Gasteiger partial charge in [-0.25, -0.2) is 4.98 Å². The van der Waals surface area contributed by atoms with Crippen LogP contribution in [0.2, 0.25) is 0 Å². The van der Waals surface area contributed by atoms with Crippen LogP contribution in [-0.2, 0) is 24.2 Å². The van der Waals surface area contributed by atoms with Crippen molar-refractivity contribution in [3.8, 4) is 0 Å². The summed E-state index contributed by atoms with van der Waals surface area (Å²) in [7, 11) is 0. The Labute approximate surface area is 149 Å². The topological polar surface area (TPSA) is 52.3 Å². The molecule has 0 saturated heterocycles. The van der Waals surface area contributed by atoms with E-state index >= 15 is 0 Å². The summed E-state index contributed by atoms with van der Waals surface area (Å²) in [6.45, 7) is 9.29. The van der Waals surface area contributed by atoms with Crippen LogP contribution in [0.1, 0.15) is 50.4 Å². The van der Waals surface area contributed by atoms with Crippen molar-refractivity contribution in [3.63, 3.8) is 0 Å². The van der Waals surface area contributed by atoms with Crippen molar-refractivity contribution >= 4 is 39.0 Å². The highest BCUT2D eigenvalue weighted by Crippen LogP contribution is 2.40. The predicted molar refractivity (Wildman–Crippen MR) is 99.1 cm³/mol. The molecule has 0 N–H and O–H groups in total. The van der Waals surface area contributed by atoms with Gasteiger partial charge in [-0.1, -0.05) is 25.6 Å². The first-order valence-electron chi connectivity index (χ1n) is 8.49. The molecule has 1 aliphatic rings. The Morgan fingerprint density at radius 3 is 2.88 bits per heavy atom. The minimum absolute atomic E-state index is 0.138. The molecular weight excluding hydrogens is 340 g/mol. The largest absolute Gasteiger partial charge is 0.370 e. The summed E-state index contributed by atoms with van der Waals surface area (Å²) in [5.41, 5.74) is 2.18. The number of fused-ring (bicyclic) bond motifs is 5. The van der Waals surface area contributed by atoms with Crippen LogP contribution in [0.5, 0.6) is 0 Å². The normalized spacial score (nSPS) is 16.8. The maximum atomic E-state index is 5.98. The third kappa shape index (κ3) is 2.53. The fraction of sp³-hybridized carbons (Fsp3) is 0.588. The highest BCUT2D eigenvalue weighted by Gasteiger charge is 2.31. The number of rotatable bonds is 4. The molecule has 7 heteroatoms. The van der Waals surface area contributed by atoms with E-state index in [4.69, 9.17) is 9.72 Å². The summed E-state index contributed by atoms with van der Waals surface area (Å²) in [6, 6.07) is 0. The van der Waals surface area contributed by atoms with Gasteiger partial charge in [0.25, 0.3) is 0 Å². The summed E-state index contributed by atoms with van der Waals surface area (Å²) in [4.78, 5) is 7.31. The predicted octanol–water partition coefficient (Wildman–Crippen LogP) is 4.25. The SMILES string of the molecule is CCCSc1nnc2c3c4c(sc3nc(CC)n12)COC(C)(C)C4. The van der Waals surface area contributed by atoms with Gasteiger partial charge in [-0.3, -0.25) is 4.40 Å². The quantitative estimate of drug-likeness (QED) is 0.649. The van der Waals surface area contributed by atoms with Gasteiger partial charge in [0.1, 0.15) is 10.7 Å². The van der Waals surface area contributed by atoms with Gasteiger partial charge in [0.05, 0.1) is 17.6 Å². The molecule has 0 aliphatic carbocycles. The second-order valence-electron chi connectivity index (χ2n) is 6.78. The van der Waals surface area contributed by atoms with Gasteiger partial charge < -0.3 is 4.74 Å². The highest BCUT2D eigenvalue weighted by molar-refractivity contribution is 7.99. The van der Waals surface area contributed by atoms with Crippen LogP contribution in [-0.4, -0.2) is 30.9 Å². The number of aromatic nitrogens is 4. The average Bonchev–Trinajstić information content (AvgIpc) is 3.12. The lowest BCUT2D eigenvalue weighted by molar-refractivity contribution is -0.0379. The average molecular weight is 363 g/mol. The molecule has 0 amide bonds. The van der Waals surface area contributed by atoms with E-state index in [1.165, 1.54) is 15.8 Å². The minimum Gasteiger partial charge on any atom is -0.370 e. The number of nitrogens with zero attached hydrogens (tertiary/aromatic N) is 4. The van der Waals surface area contributed by atoms with Crippen molar-refractivity contribution in [2.75, 3.05) is 5.75 Å². The van der Waals surface area contributed by atoms with Crippen molar-refractivity contribution in [2.45, 2.75) is 64.3 Å². The first kappa shape index (κ1) is 16.3. The molecule has 3 aromatic heterocycles. The van der Waals surface area contributed by atoms with E-state index < -0.39 is 0 Å². The maximum absolute atomic E-state index is 5.98. The molecule has 128 valence electrons. The standard InChI is InChI=1S/C17H22N4OS2/c1-5-7-23-16-20-19-14-13-10-8-17(3,4)22-9-11(10)24-15(13)18-12(6-2)21(14)16/h5-9H2,1-4H3. The zero-order valence-electron chi connectivity index (χ0n) is 14.5. The molecule has 0 aromatic carbocycles. The van der Waals surface area contributed by atoms with E-state index in [1.807, 2.05) is 0 Å². The lowest BCUT2D eigenvalue weighted by Crippen LogP contribution is -2.31. The Kier molecular flexibility index (Phi) is 4.05. The number of thiophene rings is 1. The third-order valence-corrected chi connectivity index (χ3v) is 6.60. The Bertz CT molecular complexity index is 912. The van der Waals surface area contributed by atoms with Crippen molar-refractivity contribution in [3.05, 3.63) is 16.3 Å². The first-order chi connectivity index (χ1) is 11.5. The van der Waals surface area contributed by atoms with Gasteiger partial charge in [0, 0.05) is 23.5 Å². The van der Waals surface area contributed by atoms with Crippen LogP contribution in [0, 0.1) is 0 Å². The molecule has 0 spiro atoms. The number of hydrogen-bond acceptors (Lipinski definition) is 6. The molecule has 0 saturated carbocycles. The van der Waals surface area contributed by atoms with Gasteiger partial charge in [0.2, 0.25) is 0 Å². The summed E-state index contributed by atoms with van der Waals surface area (Å²) in [5.74, 6) is 2.09. The van der Waals surface area contributed by atoms with Crippen LogP contribution >= 0.6 is 23.1 Å². The van der Waals surface area contributed by atoms with Crippen molar-refractivity contribution in [1.82, 2.24) is 19.6 Å². The van der Waals surface area contributed by atoms with Gasteiger partial charge in [-0.05, 0) is 25.8 Å². The maximum Gasteiger partial charge on any atom is 0.197 e. The fourth-order valence-corrected chi connectivity index (χ4v) is 5.13. The molecule has 4 rings (SSSR count). The van der Waals surface area contributed by atoms with E-state index in [1.54, 1.807) is 23.1 Å².